The first kappa shape index (κ1) is 28.2. The molecule has 0 radical (unpaired) electrons. The van der Waals surface area contributed by atoms with Crippen molar-refractivity contribution in [3.8, 4) is 0 Å². The van der Waals surface area contributed by atoms with E-state index in [1.807, 2.05) is 30.3 Å². The van der Waals surface area contributed by atoms with Gasteiger partial charge in [-0.05, 0) is 87.1 Å². The highest BCUT2D eigenvalue weighted by molar-refractivity contribution is 14.1. The van der Waals surface area contributed by atoms with Crippen LogP contribution in [0.15, 0.2) is 30.3 Å². The standard InChI is InChI=1S/C22H39IO6Si3/c1-30(2,3)27-17-18(28-31(4,5)6)20(26-21(23)19(17)29-32(7,8)9)22(24)25-15-16-13-11-10-12-14-16/h10-14,17-21H,15H2,1-9H3/t17-,18-,19+,20-,21-/m0/s1. The number of rotatable bonds is 9. The second kappa shape index (κ2) is 11.1. The number of hydrogen-bond acceptors (Lipinski definition) is 6. The SMILES string of the molecule is C[Si](C)(C)O[C@@H]1[C@@H](O[Si](C)(C)C)[C@@H](I)O[C@H](C(=O)OCc2ccccc2)[C@H]1O[Si](C)(C)C. The first-order valence-electron chi connectivity index (χ1n) is 11.1. The van der Waals surface area contributed by atoms with Crippen molar-refractivity contribution >= 4 is 53.5 Å². The van der Waals surface area contributed by atoms with Crippen LogP contribution in [-0.2, 0) is 34.2 Å². The molecule has 0 saturated carbocycles. The summed E-state index contributed by atoms with van der Waals surface area (Å²) in [4.78, 5) is 13.2. The van der Waals surface area contributed by atoms with Crippen LogP contribution >= 0.6 is 22.6 Å². The van der Waals surface area contributed by atoms with E-state index in [9.17, 15) is 4.79 Å². The lowest BCUT2D eigenvalue weighted by atomic mass is 10.0. The third-order valence-corrected chi connectivity index (χ3v) is 8.35. The van der Waals surface area contributed by atoms with Gasteiger partial charge >= 0.3 is 5.97 Å². The zero-order chi connectivity index (χ0) is 24.3. The quantitative estimate of drug-likeness (QED) is 0.158. The predicted molar refractivity (Wildman–Crippen MR) is 144 cm³/mol. The average Bonchev–Trinajstić information content (AvgIpc) is 2.62. The third kappa shape index (κ3) is 9.28. The molecule has 1 fully saturated rings. The van der Waals surface area contributed by atoms with E-state index in [4.69, 9.17) is 22.8 Å². The largest absolute Gasteiger partial charge is 0.459 e. The summed E-state index contributed by atoms with van der Waals surface area (Å²) in [5.41, 5.74) is 0.931. The van der Waals surface area contributed by atoms with Crippen molar-refractivity contribution in [1.29, 1.82) is 0 Å². The molecule has 0 bridgehead atoms. The lowest BCUT2D eigenvalue weighted by Crippen LogP contribution is -2.65. The highest BCUT2D eigenvalue weighted by atomic mass is 127. The number of hydrogen-bond donors (Lipinski definition) is 0. The molecule has 0 spiro atoms. The number of ether oxygens (including phenoxy) is 2. The Balaban J connectivity index is 2.35. The van der Waals surface area contributed by atoms with Crippen LogP contribution in [0.4, 0.5) is 0 Å². The second-order valence-electron chi connectivity index (χ2n) is 11.1. The number of halogens is 1. The van der Waals surface area contributed by atoms with E-state index >= 15 is 0 Å². The summed E-state index contributed by atoms with van der Waals surface area (Å²) in [5, 5.41) is 0. The number of esters is 1. The van der Waals surface area contributed by atoms with Gasteiger partial charge in [-0.2, -0.15) is 0 Å². The van der Waals surface area contributed by atoms with Crippen molar-refractivity contribution in [2.45, 2.75) is 94.1 Å². The van der Waals surface area contributed by atoms with Gasteiger partial charge in [0.2, 0.25) is 0 Å². The third-order valence-electron chi connectivity index (χ3n) is 4.41. The summed E-state index contributed by atoms with van der Waals surface area (Å²) in [6.45, 7) is 19.4. The lowest BCUT2D eigenvalue weighted by Gasteiger charge is -2.48. The molecule has 5 atom stereocenters. The van der Waals surface area contributed by atoms with Crippen molar-refractivity contribution in [3.05, 3.63) is 35.9 Å². The molecule has 2 rings (SSSR count). The molecule has 0 aliphatic carbocycles. The van der Waals surface area contributed by atoms with Gasteiger partial charge in [0, 0.05) is 0 Å². The maximum atomic E-state index is 13.2. The van der Waals surface area contributed by atoms with Crippen LogP contribution in [0.1, 0.15) is 5.56 Å². The van der Waals surface area contributed by atoms with E-state index in [-0.39, 0.29) is 16.8 Å². The minimum absolute atomic E-state index is 0.194. The summed E-state index contributed by atoms with van der Waals surface area (Å²) in [5.74, 6) is -0.422. The number of benzene rings is 1. The number of carbonyl (C=O) groups excluding carboxylic acids is 1. The summed E-state index contributed by atoms with van der Waals surface area (Å²) < 4.78 is 31.3. The normalized spacial score (nSPS) is 27.2. The molecular formula is C22H39IO6Si3. The maximum Gasteiger partial charge on any atom is 0.338 e. The average molecular weight is 611 g/mol. The zero-order valence-electron chi connectivity index (χ0n) is 20.8. The van der Waals surface area contributed by atoms with Gasteiger partial charge in [-0.1, -0.05) is 30.3 Å². The lowest BCUT2D eigenvalue weighted by molar-refractivity contribution is -0.200. The van der Waals surface area contributed by atoms with Crippen LogP contribution in [0.2, 0.25) is 58.9 Å². The van der Waals surface area contributed by atoms with Crippen LogP contribution in [0.3, 0.4) is 0 Å². The van der Waals surface area contributed by atoms with Crippen molar-refractivity contribution in [3.63, 3.8) is 0 Å². The summed E-state index contributed by atoms with van der Waals surface area (Å²) >= 11 is 2.22. The van der Waals surface area contributed by atoms with Gasteiger partial charge in [0.25, 0.3) is 0 Å². The van der Waals surface area contributed by atoms with E-state index in [0.29, 0.717) is 0 Å². The molecule has 1 aliphatic rings. The number of alkyl halides is 1. The molecule has 10 heteroatoms. The van der Waals surface area contributed by atoms with E-state index in [1.54, 1.807) is 0 Å². The van der Waals surface area contributed by atoms with E-state index < -0.39 is 49.2 Å². The summed E-state index contributed by atoms with van der Waals surface area (Å²) in [6.07, 6.45) is -2.15. The molecule has 0 unspecified atom stereocenters. The smallest absolute Gasteiger partial charge is 0.338 e. The van der Waals surface area contributed by atoms with Gasteiger partial charge in [0.05, 0.1) is 0 Å². The fourth-order valence-electron chi connectivity index (χ4n) is 3.41. The van der Waals surface area contributed by atoms with Crippen LogP contribution in [0, 0.1) is 0 Å². The molecule has 1 heterocycles. The van der Waals surface area contributed by atoms with Crippen molar-refractivity contribution in [2.24, 2.45) is 0 Å². The Morgan fingerprint density at radius 1 is 0.812 bits per heavy atom. The summed E-state index contributed by atoms with van der Waals surface area (Å²) in [6, 6.07) is 9.65. The number of carbonyl (C=O) groups is 1. The van der Waals surface area contributed by atoms with E-state index in [0.717, 1.165) is 5.56 Å². The molecule has 0 aromatic heterocycles. The van der Waals surface area contributed by atoms with Gasteiger partial charge in [-0.15, -0.1) is 0 Å². The molecule has 1 aromatic carbocycles. The van der Waals surface area contributed by atoms with Crippen LogP contribution in [0.5, 0.6) is 0 Å². The van der Waals surface area contributed by atoms with Gasteiger partial charge in [-0.3, -0.25) is 0 Å². The molecular weight excluding hydrogens is 571 g/mol. The maximum absolute atomic E-state index is 13.2. The molecule has 1 aliphatic heterocycles. The molecule has 0 amide bonds. The minimum atomic E-state index is -2.05. The predicted octanol–water partition coefficient (Wildman–Crippen LogP) is 5.55. The Kier molecular flexibility index (Phi) is 9.77. The van der Waals surface area contributed by atoms with Crippen LogP contribution in [0.25, 0.3) is 0 Å². The van der Waals surface area contributed by atoms with E-state index in [1.165, 1.54) is 0 Å². The fourth-order valence-corrected chi connectivity index (χ4v) is 7.79. The molecule has 32 heavy (non-hydrogen) atoms. The first-order chi connectivity index (χ1) is 14.6. The topological polar surface area (TPSA) is 63.2 Å². The molecule has 182 valence electrons. The Hall–Kier alpha value is -0.0894. The van der Waals surface area contributed by atoms with Gasteiger partial charge in [0.1, 0.15) is 29.0 Å². The monoisotopic (exact) mass is 610 g/mol. The molecule has 0 N–H and O–H groups in total. The zero-order valence-corrected chi connectivity index (χ0v) is 26.0. The highest BCUT2D eigenvalue weighted by Crippen LogP contribution is 2.36. The Bertz CT molecular complexity index is 745. The van der Waals surface area contributed by atoms with Gasteiger partial charge in [0.15, 0.2) is 31.1 Å². The summed E-state index contributed by atoms with van der Waals surface area (Å²) in [7, 11) is -5.94. The molecule has 1 aromatic rings. The van der Waals surface area contributed by atoms with E-state index in [2.05, 4.69) is 81.5 Å². The highest BCUT2D eigenvalue weighted by Gasteiger charge is 2.53. The Morgan fingerprint density at radius 3 is 1.78 bits per heavy atom. The fraction of sp³-hybridized carbons (Fsp3) is 0.682. The van der Waals surface area contributed by atoms with Gasteiger partial charge in [-0.25, -0.2) is 4.79 Å². The van der Waals surface area contributed by atoms with Crippen LogP contribution in [-0.4, -0.2) is 59.4 Å². The Morgan fingerprint density at radius 2 is 1.28 bits per heavy atom. The second-order valence-corrected chi connectivity index (χ2v) is 25.7. The molecule has 6 nitrogen and oxygen atoms in total. The minimum Gasteiger partial charge on any atom is -0.459 e. The van der Waals surface area contributed by atoms with Crippen LogP contribution < -0.4 is 0 Å². The Labute approximate surface area is 210 Å². The van der Waals surface area contributed by atoms with Crippen molar-refractivity contribution in [1.82, 2.24) is 0 Å². The van der Waals surface area contributed by atoms with Gasteiger partial charge < -0.3 is 22.8 Å². The van der Waals surface area contributed by atoms with Crippen molar-refractivity contribution in [2.75, 3.05) is 0 Å². The first-order valence-corrected chi connectivity index (χ1v) is 22.6. The van der Waals surface area contributed by atoms with Crippen molar-refractivity contribution < 1.29 is 27.5 Å². The molecule has 1 saturated heterocycles.